The van der Waals surface area contributed by atoms with Gasteiger partial charge in [0.15, 0.2) is 0 Å². The number of hydrogen-bond donors (Lipinski definition) is 3. The molecular weight excluding hydrogens is 466 g/mol. The number of carbonyl (C=O) groups excluding carboxylic acids is 2. The molecule has 3 aromatic rings. The van der Waals surface area contributed by atoms with E-state index >= 15 is 0 Å². The summed E-state index contributed by atoms with van der Waals surface area (Å²) >= 11 is 5.86. The predicted octanol–water partition coefficient (Wildman–Crippen LogP) is 4.51. The largest absolute Gasteiger partial charge is 0.495 e. The van der Waals surface area contributed by atoms with Crippen molar-refractivity contribution in [2.45, 2.75) is 6.92 Å². The molecule has 0 aliphatic carbocycles. The number of rotatable bonds is 7. The molecule has 0 bridgehead atoms. The third-order valence-electron chi connectivity index (χ3n) is 5.22. The highest BCUT2D eigenvalue weighted by molar-refractivity contribution is 6.30. The summed E-state index contributed by atoms with van der Waals surface area (Å²) in [6.45, 7) is 2.64. The quantitative estimate of drug-likeness (QED) is 0.257. The molecule has 3 rings (SSSR count). The summed E-state index contributed by atoms with van der Waals surface area (Å²) in [4.78, 5) is 32.0. The third-order valence-corrected chi connectivity index (χ3v) is 5.44. The number of amidine groups is 1. The van der Waals surface area contributed by atoms with Gasteiger partial charge in [-0.3, -0.25) is 15.0 Å². The molecule has 0 saturated carbocycles. The van der Waals surface area contributed by atoms with Crippen LogP contribution in [0.2, 0.25) is 5.02 Å². The summed E-state index contributed by atoms with van der Waals surface area (Å²) in [5, 5.41) is 14.0. The minimum atomic E-state index is -0.545. The summed E-state index contributed by atoms with van der Waals surface area (Å²) in [6.07, 6.45) is 6.95. The summed E-state index contributed by atoms with van der Waals surface area (Å²) in [6, 6.07) is 12.8. The Morgan fingerprint density at radius 3 is 2.37 bits per heavy atom. The van der Waals surface area contributed by atoms with Gasteiger partial charge in [0.25, 0.3) is 11.8 Å². The molecule has 0 radical (unpaired) electrons. The lowest BCUT2D eigenvalue weighted by molar-refractivity contribution is 0.102. The Kier molecular flexibility index (Phi) is 8.08. The number of amides is 2. The number of carbonyl (C=O) groups is 2. The van der Waals surface area contributed by atoms with Crippen LogP contribution in [0.25, 0.3) is 0 Å². The number of nitrogens with one attached hydrogen (secondary N) is 3. The Balaban J connectivity index is 1.92. The van der Waals surface area contributed by atoms with Gasteiger partial charge in [0, 0.05) is 36.5 Å². The van der Waals surface area contributed by atoms with Crippen LogP contribution in [0.15, 0.2) is 54.7 Å². The zero-order valence-electron chi connectivity index (χ0n) is 19.5. The van der Waals surface area contributed by atoms with Gasteiger partial charge < -0.3 is 20.3 Å². The van der Waals surface area contributed by atoms with E-state index in [0.29, 0.717) is 34.1 Å². The van der Waals surface area contributed by atoms with E-state index in [1.807, 2.05) is 14.0 Å². The first-order chi connectivity index (χ1) is 16.8. The number of pyridine rings is 1. The number of nitrogens with zero attached hydrogens (tertiary/aromatic N) is 2. The number of terminal acetylenes is 1. The number of methoxy groups -OCH3 is 1. The molecule has 3 N–H and O–H groups in total. The lowest BCUT2D eigenvalue weighted by atomic mass is 10.1. The Bertz CT molecular complexity index is 1300. The molecule has 0 saturated heterocycles. The van der Waals surface area contributed by atoms with Crippen molar-refractivity contribution in [3.8, 4) is 18.1 Å². The third kappa shape index (κ3) is 5.96. The number of benzene rings is 2. The molecule has 0 atom stereocenters. The van der Waals surface area contributed by atoms with Gasteiger partial charge in [-0.2, -0.15) is 0 Å². The average Bonchev–Trinajstić information content (AvgIpc) is 2.88. The van der Waals surface area contributed by atoms with Gasteiger partial charge in [0.1, 0.15) is 17.4 Å². The molecule has 9 heteroatoms. The number of hydrogen-bond acceptors (Lipinski definition) is 5. The highest BCUT2D eigenvalue weighted by Gasteiger charge is 2.21. The summed E-state index contributed by atoms with van der Waals surface area (Å²) < 4.78 is 5.41. The van der Waals surface area contributed by atoms with Gasteiger partial charge in [-0.05, 0) is 43.3 Å². The van der Waals surface area contributed by atoms with Crippen molar-refractivity contribution in [3.63, 3.8) is 0 Å². The molecule has 1 heterocycles. The molecule has 0 aliphatic rings. The highest BCUT2D eigenvalue weighted by Crippen LogP contribution is 2.31. The van der Waals surface area contributed by atoms with E-state index in [2.05, 4.69) is 21.5 Å². The van der Waals surface area contributed by atoms with Crippen molar-refractivity contribution in [3.05, 3.63) is 82.0 Å². The Labute approximate surface area is 208 Å². The molecular formula is C26H24ClN5O3. The van der Waals surface area contributed by atoms with Crippen LogP contribution >= 0.6 is 11.6 Å². The molecule has 35 heavy (non-hydrogen) atoms. The van der Waals surface area contributed by atoms with Crippen LogP contribution < -0.4 is 15.4 Å². The van der Waals surface area contributed by atoms with E-state index in [1.165, 1.54) is 19.4 Å². The average molecular weight is 490 g/mol. The van der Waals surface area contributed by atoms with E-state index in [0.717, 1.165) is 0 Å². The SMILES string of the molecule is C#Cc1cc(OC)c(NC(=O)c2ccc(C(=N)N(C)CC)cc2)c(C(=O)Nc2ccc(Cl)cn2)c1. The van der Waals surface area contributed by atoms with Crippen molar-refractivity contribution in [2.24, 2.45) is 0 Å². The number of anilines is 2. The van der Waals surface area contributed by atoms with Crippen LogP contribution in [0.1, 0.15) is 38.8 Å². The minimum absolute atomic E-state index is 0.102. The normalized spacial score (nSPS) is 10.1. The van der Waals surface area contributed by atoms with Gasteiger partial charge in [0.05, 0.1) is 23.4 Å². The topological polar surface area (TPSA) is 107 Å². The van der Waals surface area contributed by atoms with Crippen molar-refractivity contribution < 1.29 is 14.3 Å². The van der Waals surface area contributed by atoms with Crippen molar-refractivity contribution in [1.82, 2.24) is 9.88 Å². The number of halogens is 1. The fourth-order valence-corrected chi connectivity index (χ4v) is 3.26. The fourth-order valence-electron chi connectivity index (χ4n) is 3.14. The van der Waals surface area contributed by atoms with E-state index in [-0.39, 0.29) is 22.8 Å². The van der Waals surface area contributed by atoms with Crippen molar-refractivity contribution >= 4 is 40.8 Å². The molecule has 2 amide bonds. The van der Waals surface area contributed by atoms with E-state index in [9.17, 15) is 9.59 Å². The molecule has 0 unspecified atom stereocenters. The highest BCUT2D eigenvalue weighted by atomic mass is 35.5. The van der Waals surface area contributed by atoms with Gasteiger partial charge in [0.2, 0.25) is 0 Å². The van der Waals surface area contributed by atoms with Gasteiger partial charge in [-0.15, -0.1) is 6.42 Å². The second-order valence-electron chi connectivity index (χ2n) is 7.46. The molecule has 0 aliphatic heterocycles. The van der Waals surface area contributed by atoms with Crippen molar-refractivity contribution in [2.75, 3.05) is 31.3 Å². The van der Waals surface area contributed by atoms with E-state index in [4.69, 9.17) is 28.2 Å². The second-order valence-corrected chi connectivity index (χ2v) is 7.89. The number of aromatic nitrogens is 1. The van der Waals surface area contributed by atoms with Crippen molar-refractivity contribution in [1.29, 1.82) is 5.41 Å². The number of ether oxygens (including phenoxy) is 1. The first-order valence-electron chi connectivity index (χ1n) is 10.6. The van der Waals surface area contributed by atoms with Crippen LogP contribution in [0.4, 0.5) is 11.5 Å². The van der Waals surface area contributed by atoms with Gasteiger partial charge in [-0.1, -0.05) is 29.7 Å². The summed E-state index contributed by atoms with van der Waals surface area (Å²) in [5.74, 6) is 2.33. The molecule has 2 aromatic carbocycles. The molecule has 0 spiro atoms. The first kappa shape index (κ1) is 25.3. The summed E-state index contributed by atoms with van der Waals surface area (Å²) in [5.41, 5.74) is 1.68. The maximum atomic E-state index is 13.1. The van der Waals surface area contributed by atoms with Gasteiger partial charge in [-0.25, -0.2) is 4.98 Å². The maximum Gasteiger partial charge on any atom is 0.259 e. The summed E-state index contributed by atoms with van der Waals surface area (Å²) in [7, 11) is 3.24. The molecule has 178 valence electrons. The minimum Gasteiger partial charge on any atom is -0.495 e. The zero-order chi connectivity index (χ0) is 25.5. The van der Waals surface area contributed by atoms with Crippen LogP contribution in [-0.2, 0) is 0 Å². The lowest BCUT2D eigenvalue weighted by Crippen LogP contribution is -2.26. The predicted molar refractivity (Wildman–Crippen MR) is 138 cm³/mol. The van der Waals surface area contributed by atoms with Crippen LogP contribution in [0.5, 0.6) is 5.75 Å². The second kappa shape index (κ2) is 11.2. The van der Waals surface area contributed by atoms with Crippen LogP contribution in [0, 0.1) is 17.8 Å². The van der Waals surface area contributed by atoms with E-state index in [1.54, 1.807) is 47.4 Å². The monoisotopic (exact) mass is 489 g/mol. The zero-order valence-corrected chi connectivity index (χ0v) is 20.2. The fraction of sp³-hybridized carbons (Fsp3) is 0.154. The maximum absolute atomic E-state index is 13.1. The Morgan fingerprint density at radius 2 is 1.80 bits per heavy atom. The standard InChI is InChI=1S/C26H24ClN5O3/c1-5-16-13-20(26(34)30-22-12-11-19(27)15-29-22)23(21(14-16)35-4)31-25(33)18-9-7-17(8-10-18)24(28)32(3)6-2/h1,7-15,28H,6H2,2-4H3,(H,31,33)(H,29,30,34). The Morgan fingerprint density at radius 1 is 1.11 bits per heavy atom. The first-order valence-corrected chi connectivity index (χ1v) is 11.0. The lowest BCUT2D eigenvalue weighted by Gasteiger charge is -2.18. The van der Waals surface area contributed by atoms with E-state index < -0.39 is 11.8 Å². The Hall–Kier alpha value is -4.35. The van der Waals surface area contributed by atoms with Crippen LogP contribution in [0.3, 0.4) is 0 Å². The smallest absolute Gasteiger partial charge is 0.259 e. The molecule has 1 aromatic heterocycles. The van der Waals surface area contributed by atoms with Gasteiger partial charge >= 0.3 is 0 Å². The molecule has 0 fully saturated rings. The molecule has 8 nitrogen and oxygen atoms in total. The van der Waals surface area contributed by atoms with Crippen LogP contribution in [-0.4, -0.2) is 48.2 Å².